The van der Waals surface area contributed by atoms with Crippen LogP contribution < -0.4 is 0 Å². The minimum atomic E-state index is -0.556. The lowest BCUT2D eigenvalue weighted by molar-refractivity contribution is -0.381. The maximum atomic E-state index is 10.6. The van der Waals surface area contributed by atoms with E-state index in [-0.39, 0.29) is 10.8 Å². The predicted octanol–water partition coefficient (Wildman–Crippen LogP) is 2.82. The maximum Gasteiger partial charge on any atom is 0.366 e. The van der Waals surface area contributed by atoms with Crippen LogP contribution in [0.25, 0.3) is 10.1 Å². The molecule has 1 aromatic heterocycles. The Hall–Kier alpha value is -1.62. The molecule has 0 radical (unpaired) electrons. The highest BCUT2D eigenvalue weighted by Gasteiger charge is 2.21. The molecule has 14 heavy (non-hydrogen) atoms. The zero-order valence-electron chi connectivity index (χ0n) is 7.35. The Morgan fingerprint density at radius 1 is 1.50 bits per heavy atom. The average Bonchev–Trinajstić information content (AvgIpc) is 2.46. The van der Waals surface area contributed by atoms with E-state index in [9.17, 15) is 15.2 Å². The SMILES string of the molecule is Cc1cccc2c(O)c([N+](=O)[O-])sc12. The van der Waals surface area contributed by atoms with Crippen molar-refractivity contribution in [1.29, 1.82) is 0 Å². The first-order chi connectivity index (χ1) is 6.61. The summed E-state index contributed by atoms with van der Waals surface area (Å²) in [6.45, 7) is 1.86. The zero-order chi connectivity index (χ0) is 10.3. The molecule has 0 bridgehead atoms. The van der Waals surface area contributed by atoms with Crippen LogP contribution in [0.4, 0.5) is 5.00 Å². The van der Waals surface area contributed by atoms with Gasteiger partial charge in [0.05, 0.1) is 4.92 Å². The molecular formula is C9H7NO3S. The van der Waals surface area contributed by atoms with Gasteiger partial charge in [-0.2, -0.15) is 0 Å². The van der Waals surface area contributed by atoms with Gasteiger partial charge in [-0.15, -0.1) is 0 Å². The van der Waals surface area contributed by atoms with E-state index in [1.165, 1.54) is 0 Å². The van der Waals surface area contributed by atoms with Crippen LogP contribution in [0.3, 0.4) is 0 Å². The van der Waals surface area contributed by atoms with Gasteiger partial charge < -0.3 is 5.11 Å². The molecule has 0 aliphatic heterocycles. The Morgan fingerprint density at radius 2 is 2.21 bits per heavy atom. The van der Waals surface area contributed by atoms with Crippen LogP contribution in [0, 0.1) is 17.0 Å². The molecule has 0 atom stereocenters. The third kappa shape index (κ3) is 1.13. The Morgan fingerprint density at radius 3 is 2.79 bits per heavy atom. The number of aryl methyl sites for hydroxylation is 1. The van der Waals surface area contributed by atoms with Crippen LogP contribution in [0.5, 0.6) is 5.75 Å². The topological polar surface area (TPSA) is 63.4 Å². The highest BCUT2D eigenvalue weighted by Crippen LogP contribution is 2.43. The van der Waals surface area contributed by atoms with E-state index >= 15 is 0 Å². The van der Waals surface area contributed by atoms with Crippen molar-refractivity contribution in [3.8, 4) is 5.75 Å². The van der Waals surface area contributed by atoms with Gasteiger partial charge in [-0.1, -0.05) is 23.5 Å². The molecule has 1 heterocycles. The Kier molecular flexibility index (Phi) is 1.89. The summed E-state index contributed by atoms with van der Waals surface area (Å²) in [6.07, 6.45) is 0. The van der Waals surface area contributed by atoms with Gasteiger partial charge in [-0.25, -0.2) is 0 Å². The predicted molar refractivity (Wildman–Crippen MR) is 54.9 cm³/mol. The van der Waals surface area contributed by atoms with Crippen molar-refractivity contribution in [2.45, 2.75) is 6.92 Å². The fourth-order valence-electron chi connectivity index (χ4n) is 1.36. The quantitative estimate of drug-likeness (QED) is 0.580. The van der Waals surface area contributed by atoms with Crippen molar-refractivity contribution in [1.82, 2.24) is 0 Å². The first-order valence-electron chi connectivity index (χ1n) is 3.96. The molecule has 0 unspecified atom stereocenters. The summed E-state index contributed by atoms with van der Waals surface area (Å²) in [4.78, 5) is 10.0. The van der Waals surface area contributed by atoms with Gasteiger partial charge >= 0.3 is 5.00 Å². The molecule has 0 spiro atoms. The third-order valence-electron chi connectivity index (χ3n) is 2.03. The van der Waals surface area contributed by atoms with Crippen LogP contribution in [-0.4, -0.2) is 10.0 Å². The summed E-state index contributed by atoms with van der Waals surface area (Å²) in [6, 6.07) is 5.32. The van der Waals surface area contributed by atoms with E-state index in [2.05, 4.69) is 0 Å². The highest BCUT2D eigenvalue weighted by atomic mass is 32.1. The molecule has 4 nitrogen and oxygen atoms in total. The van der Waals surface area contributed by atoms with E-state index in [0.717, 1.165) is 21.6 Å². The second-order valence-electron chi connectivity index (χ2n) is 2.96. The smallest absolute Gasteiger partial charge is 0.366 e. The molecular weight excluding hydrogens is 202 g/mol. The molecule has 1 N–H and O–H groups in total. The van der Waals surface area contributed by atoms with Crippen LogP contribution in [0.1, 0.15) is 5.56 Å². The van der Waals surface area contributed by atoms with E-state index in [1.807, 2.05) is 13.0 Å². The monoisotopic (exact) mass is 209 g/mol. The summed E-state index contributed by atoms with van der Waals surface area (Å²) in [5.74, 6) is -0.223. The summed E-state index contributed by atoms with van der Waals surface area (Å²) in [5, 5.41) is 20.5. The van der Waals surface area contributed by atoms with Crippen molar-refractivity contribution in [3.63, 3.8) is 0 Å². The van der Waals surface area contributed by atoms with Crippen molar-refractivity contribution in [3.05, 3.63) is 33.9 Å². The van der Waals surface area contributed by atoms with E-state index in [1.54, 1.807) is 12.1 Å². The van der Waals surface area contributed by atoms with Crippen molar-refractivity contribution in [2.24, 2.45) is 0 Å². The van der Waals surface area contributed by atoms with E-state index < -0.39 is 4.92 Å². The lowest BCUT2D eigenvalue weighted by Gasteiger charge is -1.92. The van der Waals surface area contributed by atoms with E-state index in [4.69, 9.17) is 0 Å². The van der Waals surface area contributed by atoms with Crippen LogP contribution in [0.15, 0.2) is 18.2 Å². The summed E-state index contributed by atoms with van der Waals surface area (Å²) in [5.41, 5.74) is 0.941. The standard InChI is InChI=1S/C9H7NO3S/c1-5-3-2-4-6-7(11)9(10(12)13)14-8(5)6/h2-4,11H,1H3. The average molecular weight is 209 g/mol. The first-order valence-corrected chi connectivity index (χ1v) is 4.78. The number of nitro groups is 1. The second-order valence-corrected chi connectivity index (χ2v) is 3.96. The Labute approximate surface area is 83.6 Å². The number of benzene rings is 1. The lowest BCUT2D eigenvalue weighted by Crippen LogP contribution is -1.82. The van der Waals surface area contributed by atoms with Gasteiger partial charge in [0.2, 0.25) is 5.75 Å². The molecule has 2 aromatic rings. The van der Waals surface area contributed by atoms with Crippen LogP contribution in [-0.2, 0) is 0 Å². The number of nitrogens with zero attached hydrogens (tertiary/aromatic N) is 1. The fraction of sp³-hybridized carbons (Fsp3) is 0.111. The molecule has 0 fully saturated rings. The van der Waals surface area contributed by atoms with Crippen LogP contribution in [0.2, 0.25) is 0 Å². The zero-order valence-corrected chi connectivity index (χ0v) is 8.17. The first kappa shape index (κ1) is 8.96. The van der Waals surface area contributed by atoms with Gasteiger partial charge in [0.1, 0.15) is 0 Å². The fourth-order valence-corrected chi connectivity index (χ4v) is 2.34. The number of aromatic hydroxyl groups is 1. The van der Waals surface area contributed by atoms with Crippen molar-refractivity contribution < 1.29 is 10.0 Å². The molecule has 0 amide bonds. The van der Waals surface area contributed by atoms with Gasteiger partial charge in [0.15, 0.2) is 0 Å². The number of rotatable bonds is 1. The number of thiophene rings is 1. The van der Waals surface area contributed by atoms with Gasteiger partial charge in [-0.05, 0) is 18.6 Å². The number of fused-ring (bicyclic) bond motifs is 1. The molecule has 72 valence electrons. The summed E-state index contributed by atoms with van der Waals surface area (Å²) < 4.78 is 0.775. The second kappa shape index (κ2) is 2.95. The number of hydrogen-bond acceptors (Lipinski definition) is 4. The Balaban J connectivity index is 2.86. The molecule has 0 saturated heterocycles. The van der Waals surface area contributed by atoms with Crippen molar-refractivity contribution in [2.75, 3.05) is 0 Å². The molecule has 0 aliphatic rings. The molecule has 5 heteroatoms. The molecule has 0 aliphatic carbocycles. The van der Waals surface area contributed by atoms with E-state index in [0.29, 0.717) is 5.39 Å². The maximum absolute atomic E-state index is 10.6. The normalized spacial score (nSPS) is 10.6. The summed E-state index contributed by atoms with van der Waals surface area (Å²) >= 11 is 1.01. The largest absolute Gasteiger partial charge is 0.501 e. The Bertz CT molecular complexity index is 518. The van der Waals surface area contributed by atoms with Crippen molar-refractivity contribution >= 4 is 26.4 Å². The highest BCUT2D eigenvalue weighted by molar-refractivity contribution is 7.22. The van der Waals surface area contributed by atoms with Gasteiger partial charge in [-0.3, -0.25) is 10.1 Å². The molecule has 1 aromatic carbocycles. The minimum Gasteiger partial charge on any atom is -0.501 e. The third-order valence-corrected chi connectivity index (χ3v) is 3.32. The lowest BCUT2D eigenvalue weighted by atomic mass is 10.2. The molecule has 2 rings (SSSR count). The summed E-state index contributed by atoms with van der Waals surface area (Å²) in [7, 11) is 0. The molecule has 0 saturated carbocycles. The van der Waals surface area contributed by atoms with Gasteiger partial charge in [0.25, 0.3) is 0 Å². The van der Waals surface area contributed by atoms with Gasteiger partial charge in [0, 0.05) is 10.1 Å². The van der Waals surface area contributed by atoms with Crippen LogP contribution >= 0.6 is 11.3 Å². The minimum absolute atomic E-state index is 0.186. The number of hydrogen-bond donors (Lipinski definition) is 1.